The fourth-order valence-corrected chi connectivity index (χ4v) is 13.1. The van der Waals surface area contributed by atoms with Crippen molar-refractivity contribution in [3.63, 3.8) is 0 Å². The highest BCUT2D eigenvalue weighted by Crippen LogP contribution is 2.68. The normalized spacial score (nSPS) is 29.2. The highest BCUT2D eigenvalue weighted by molar-refractivity contribution is 6.33. The number of carbonyl (C=O) groups is 3. The SMILES string of the molecule is COc1c(Cl)cc(C(=CCC(=O)N[C@@H]2CC[C@@]3(C)[C@@H](CC[C@@H]4[C@@H]3CC[C@]3(C)[C@@H]([C@H](C)CCCC(C)C)CC[C@@H]43)C2)c2cc(Cl)c(OC)c(C(=O)O)c2)cc1C(=O)O.N. The third kappa shape index (κ3) is 8.93. The standard InChI is InChI=1S/C47H63Cl2NO7.H3N/c1-26(2)9-8-10-27(3)36-14-15-37-33-12-11-30-25-31(17-19-46(30,4)38(33)18-20-47(36,37)5)50-41(51)16-13-32(28-21-34(44(52)53)42(56-6)39(48)23-28)29-22-35(45(54)55)43(57-7)40(49)24-29;/h13,21-24,26-27,30-31,33,36-38H,8-12,14-20,25H2,1-7H3,(H,50,51)(H,52,53)(H,54,55);1H3/t27-,30+,31-,33+,36-,37+,38+,46+,47-;/m1./s1. The smallest absolute Gasteiger partial charge is 0.339 e. The van der Waals surface area contributed by atoms with Gasteiger partial charge in [-0.2, -0.15) is 0 Å². The number of methoxy groups -OCH3 is 2. The lowest BCUT2D eigenvalue weighted by Gasteiger charge is -2.61. The van der Waals surface area contributed by atoms with Gasteiger partial charge in [0.05, 0.1) is 24.3 Å². The molecule has 0 heterocycles. The molecule has 2 aromatic rings. The Labute approximate surface area is 355 Å². The molecule has 11 heteroatoms. The van der Waals surface area contributed by atoms with Crippen LogP contribution in [0.15, 0.2) is 30.3 Å². The number of halogens is 2. The van der Waals surface area contributed by atoms with E-state index in [2.05, 4.69) is 39.9 Å². The van der Waals surface area contributed by atoms with Crippen molar-refractivity contribution >= 4 is 46.6 Å². The average molecular weight is 842 g/mol. The molecule has 2 aromatic carbocycles. The summed E-state index contributed by atoms with van der Waals surface area (Å²) in [5, 5.41) is 23.4. The van der Waals surface area contributed by atoms with Crippen molar-refractivity contribution in [1.29, 1.82) is 0 Å². The Kier molecular flexibility index (Phi) is 14.7. The molecule has 9 nitrogen and oxygen atoms in total. The number of carboxylic acids is 2. The van der Waals surface area contributed by atoms with Crippen LogP contribution in [0.25, 0.3) is 5.57 Å². The summed E-state index contributed by atoms with van der Waals surface area (Å²) in [6, 6.07) is 5.97. The van der Waals surface area contributed by atoms with E-state index < -0.39 is 11.9 Å². The van der Waals surface area contributed by atoms with Gasteiger partial charge in [0.15, 0.2) is 11.5 Å². The maximum atomic E-state index is 13.7. The number of benzene rings is 2. The van der Waals surface area contributed by atoms with Crippen molar-refractivity contribution in [1.82, 2.24) is 11.5 Å². The number of aromatic carboxylic acids is 2. The van der Waals surface area contributed by atoms with Crippen LogP contribution in [0.3, 0.4) is 0 Å². The lowest BCUT2D eigenvalue weighted by Crippen LogP contribution is -2.55. The molecular weight excluding hydrogens is 775 g/mol. The first-order valence-corrected chi connectivity index (χ1v) is 22.0. The summed E-state index contributed by atoms with van der Waals surface area (Å²) in [4.78, 5) is 38.2. The zero-order valence-electron chi connectivity index (χ0n) is 35.6. The number of ether oxygens (including phenoxy) is 2. The molecule has 0 saturated heterocycles. The van der Waals surface area contributed by atoms with Crippen LogP contribution in [-0.2, 0) is 4.79 Å². The number of hydrogen-bond acceptors (Lipinski definition) is 6. The Hall–Kier alpha value is -3.27. The Bertz CT molecular complexity index is 1810. The second kappa shape index (κ2) is 18.6. The topological polar surface area (TPSA) is 157 Å². The maximum absolute atomic E-state index is 13.7. The number of carboxylic acid groups (broad SMARTS) is 2. The molecule has 320 valence electrons. The van der Waals surface area contributed by atoms with Crippen LogP contribution >= 0.6 is 23.2 Å². The lowest BCUT2D eigenvalue weighted by atomic mass is 9.44. The minimum Gasteiger partial charge on any atom is -0.494 e. The number of amides is 1. The molecule has 4 fully saturated rings. The Balaban J connectivity index is 0.00000641. The monoisotopic (exact) mass is 840 g/mol. The van der Waals surface area contributed by atoms with Crippen molar-refractivity contribution < 1.29 is 34.1 Å². The van der Waals surface area contributed by atoms with E-state index in [0.29, 0.717) is 33.4 Å². The number of carbonyl (C=O) groups excluding carboxylic acids is 1. The van der Waals surface area contributed by atoms with E-state index in [1.807, 2.05) is 0 Å². The van der Waals surface area contributed by atoms with Gasteiger partial charge in [-0.25, -0.2) is 9.59 Å². The van der Waals surface area contributed by atoms with Crippen molar-refractivity contribution in [2.24, 2.45) is 52.3 Å². The Morgan fingerprint density at radius 3 is 1.93 bits per heavy atom. The molecule has 0 unspecified atom stereocenters. The molecule has 6 rings (SSSR count). The molecule has 1 amide bonds. The summed E-state index contributed by atoms with van der Waals surface area (Å²) in [6.07, 6.45) is 16.8. The maximum Gasteiger partial charge on any atom is 0.339 e. The van der Waals surface area contributed by atoms with Crippen molar-refractivity contribution in [3.05, 3.63) is 62.6 Å². The van der Waals surface area contributed by atoms with Gasteiger partial charge < -0.3 is 31.2 Å². The largest absolute Gasteiger partial charge is 0.494 e. The van der Waals surface area contributed by atoms with E-state index in [-0.39, 0.29) is 57.2 Å². The minimum absolute atomic E-state index is 0. The molecular formula is C47H66Cl2N2O7. The molecule has 0 radical (unpaired) electrons. The Morgan fingerprint density at radius 2 is 1.38 bits per heavy atom. The number of nitrogens with one attached hydrogen (secondary N) is 1. The lowest BCUT2D eigenvalue weighted by molar-refractivity contribution is -0.127. The fraction of sp³-hybridized carbons (Fsp3) is 0.638. The summed E-state index contributed by atoms with van der Waals surface area (Å²) in [6.45, 7) is 12.5. The summed E-state index contributed by atoms with van der Waals surface area (Å²) >= 11 is 13.0. The zero-order valence-corrected chi connectivity index (χ0v) is 37.1. The number of hydrogen-bond donors (Lipinski definition) is 4. The predicted octanol–water partition coefficient (Wildman–Crippen LogP) is 12.0. The first kappa shape index (κ1) is 45.8. The van der Waals surface area contributed by atoms with Gasteiger partial charge in [-0.15, -0.1) is 0 Å². The van der Waals surface area contributed by atoms with Gasteiger partial charge in [-0.05, 0) is 151 Å². The second-order valence-corrected chi connectivity index (χ2v) is 19.6. The van der Waals surface area contributed by atoms with Crippen molar-refractivity contribution in [2.75, 3.05) is 14.2 Å². The first-order valence-electron chi connectivity index (χ1n) is 21.2. The van der Waals surface area contributed by atoms with E-state index in [1.165, 1.54) is 84.1 Å². The summed E-state index contributed by atoms with van der Waals surface area (Å²) < 4.78 is 10.6. The third-order valence-corrected chi connectivity index (χ3v) is 15.9. The molecule has 0 aliphatic heterocycles. The van der Waals surface area contributed by atoms with Gasteiger partial charge in [0.2, 0.25) is 5.91 Å². The molecule has 58 heavy (non-hydrogen) atoms. The molecule has 9 atom stereocenters. The van der Waals surface area contributed by atoms with Crippen LogP contribution in [0.4, 0.5) is 0 Å². The van der Waals surface area contributed by atoms with E-state index in [9.17, 15) is 24.6 Å². The molecule has 4 aliphatic rings. The van der Waals surface area contributed by atoms with E-state index >= 15 is 0 Å². The quantitative estimate of drug-likeness (QED) is 0.146. The van der Waals surface area contributed by atoms with Gasteiger partial charge in [-0.1, -0.05) is 83.2 Å². The molecule has 0 aromatic heterocycles. The predicted molar refractivity (Wildman–Crippen MR) is 232 cm³/mol. The molecule has 4 saturated carbocycles. The van der Waals surface area contributed by atoms with Crippen LogP contribution < -0.4 is 20.9 Å². The molecule has 0 spiro atoms. The highest BCUT2D eigenvalue weighted by Gasteiger charge is 2.60. The van der Waals surface area contributed by atoms with E-state index in [0.717, 1.165) is 54.8 Å². The Morgan fingerprint density at radius 1 is 0.810 bits per heavy atom. The second-order valence-electron chi connectivity index (χ2n) is 18.7. The highest BCUT2D eigenvalue weighted by atomic mass is 35.5. The van der Waals surface area contributed by atoms with E-state index in [4.69, 9.17) is 32.7 Å². The molecule has 6 N–H and O–H groups in total. The van der Waals surface area contributed by atoms with Crippen LogP contribution in [-0.4, -0.2) is 48.3 Å². The fourth-order valence-electron chi connectivity index (χ4n) is 12.5. The van der Waals surface area contributed by atoms with Crippen LogP contribution in [0, 0.1) is 52.3 Å². The van der Waals surface area contributed by atoms with Crippen LogP contribution in [0.2, 0.25) is 10.0 Å². The van der Waals surface area contributed by atoms with Crippen LogP contribution in [0.5, 0.6) is 11.5 Å². The summed E-state index contributed by atoms with van der Waals surface area (Å²) in [5.41, 5.74) is 1.56. The third-order valence-electron chi connectivity index (χ3n) is 15.3. The van der Waals surface area contributed by atoms with Gasteiger partial charge >= 0.3 is 11.9 Å². The van der Waals surface area contributed by atoms with Gasteiger partial charge in [0.25, 0.3) is 0 Å². The number of rotatable bonds is 14. The molecule has 0 bridgehead atoms. The van der Waals surface area contributed by atoms with Crippen molar-refractivity contribution in [2.45, 2.75) is 124 Å². The van der Waals surface area contributed by atoms with Gasteiger partial charge in [-0.3, -0.25) is 4.79 Å². The van der Waals surface area contributed by atoms with Gasteiger partial charge in [0.1, 0.15) is 11.1 Å². The van der Waals surface area contributed by atoms with Gasteiger partial charge in [0, 0.05) is 12.5 Å². The summed E-state index contributed by atoms with van der Waals surface area (Å²) in [7, 11) is 2.67. The zero-order chi connectivity index (χ0) is 41.4. The van der Waals surface area contributed by atoms with Crippen molar-refractivity contribution in [3.8, 4) is 11.5 Å². The minimum atomic E-state index is -1.25. The summed E-state index contributed by atoms with van der Waals surface area (Å²) in [5.74, 6) is 2.77. The number of fused-ring (bicyclic) bond motifs is 5. The average Bonchev–Trinajstić information content (AvgIpc) is 3.51. The van der Waals surface area contributed by atoms with Crippen LogP contribution in [0.1, 0.15) is 150 Å². The van der Waals surface area contributed by atoms with E-state index in [1.54, 1.807) is 18.2 Å². The first-order chi connectivity index (χ1) is 27.0. The molecule has 4 aliphatic carbocycles.